The van der Waals surface area contributed by atoms with Crippen LogP contribution in [0, 0.1) is 10.1 Å². The van der Waals surface area contributed by atoms with E-state index >= 15 is 0 Å². The van der Waals surface area contributed by atoms with Gasteiger partial charge in [-0.2, -0.15) is 0 Å². The number of hydrogen-bond acceptors (Lipinski definition) is 6. The first-order valence-electron chi connectivity index (χ1n) is 8.46. The lowest BCUT2D eigenvalue weighted by atomic mass is 10.2. The summed E-state index contributed by atoms with van der Waals surface area (Å²) in [4.78, 5) is 26.6. The van der Waals surface area contributed by atoms with E-state index in [0.717, 1.165) is 5.69 Å². The minimum atomic E-state index is -0.526. The highest BCUT2D eigenvalue weighted by Crippen LogP contribution is 2.38. The van der Waals surface area contributed by atoms with Crippen molar-refractivity contribution in [2.24, 2.45) is 0 Å². The molecule has 0 saturated carbocycles. The molecule has 1 aliphatic rings. The fourth-order valence-electron chi connectivity index (χ4n) is 2.64. The van der Waals surface area contributed by atoms with Crippen molar-refractivity contribution in [1.29, 1.82) is 0 Å². The number of halogens is 1. The number of carbonyl (C=O) groups is 1. The van der Waals surface area contributed by atoms with Crippen molar-refractivity contribution in [3.63, 3.8) is 0 Å². The molecule has 1 aromatic rings. The quantitative estimate of drug-likeness (QED) is 0.534. The van der Waals surface area contributed by atoms with Crippen LogP contribution in [0.15, 0.2) is 16.6 Å². The maximum Gasteiger partial charge on any atom is 0.410 e. The smallest absolute Gasteiger partial charge is 0.410 e. The van der Waals surface area contributed by atoms with Gasteiger partial charge in [-0.05, 0) is 43.6 Å². The number of nitro benzene ring substituents is 1. The molecule has 0 radical (unpaired) electrons. The van der Waals surface area contributed by atoms with Crippen LogP contribution >= 0.6 is 15.9 Å². The van der Waals surface area contributed by atoms with Gasteiger partial charge >= 0.3 is 11.8 Å². The molecular formula is C17H24BrN3O5. The molecule has 1 aliphatic heterocycles. The zero-order chi connectivity index (χ0) is 19.5. The summed E-state index contributed by atoms with van der Waals surface area (Å²) in [6.45, 7) is 9.87. The van der Waals surface area contributed by atoms with Crippen molar-refractivity contribution >= 4 is 33.4 Å². The average molecular weight is 430 g/mol. The molecule has 0 N–H and O–H groups in total. The molecule has 26 heavy (non-hydrogen) atoms. The molecule has 0 atom stereocenters. The number of benzene rings is 1. The minimum absolute atomic E-state index is 0.0742. The number of amides is 1. The van der Waals surface area contributed by atoms with E-state index in [4.69, 9.17) is 9.47 Å². The van der Waals surface area contributed by atoms with Crippen molar-refractivity contribution in [3.05, 3.63) is 26.7 Å². The molecule has 0 aromatic heterocycles. The second-order valence-electron chi connectivity index (χ2n) is 6.92. The standard InChI is InChI=1S/C17H24BrN3O5/c1-5-25-15-11-13(12(18)10-14(15)21(23)24)19-6-8-20(9-7-19)16(22)26-17(2,3)4/h10-11H,5-9H2,1-4H3. The predicted octanol–water partition coefficient (Wildman–Crippen LogP) is 3.81. The number of piperazine rings is 1. The van der Waals surface area contributed by atoms with Crippen LogP contribution in [0.3, 0.4) is 0 Å². The number of hydrogen-bond donors (Lipinski definition) is 0. The number of rotatable bonds is 4. The Morgan fingerprint density at radius 2 is 1.88 bits per heavy atom. The zero-order valence-corrected chi connectivity index (χ0v) is 17.0. The maximum absolute atomic E-state index is 12.2. The van der Waals surface area contributed by atoms with Gasteiger partial charge in [0.2, 0.25) is 0 Å². The summed E-state index contributed by atoms with van der Waals surface area (Å²) in [6.07, 6.45) is -0.324. The number of carbonyl (C=O) groups excluding carboxylic acids is 1. The Morgan fingerprint density at radius 3 is 2.38 bits per heavy atom. The summed E-state index contributed by atoms with van der Waals surface area (Å²) in [5.74, 6) is 0.241. The Morgan fingerprint density at radius 1 is 1.27 bits per heavy atom. The fraction of sp³-hybridized carbons (Fsp3) is 0.588. The fourth-order valence-corrected chi connectivity index (χ4v) is 3.23. The van der Waals surface area contributed by atoms with Gasteiger partial charge in [0, 0.05) is 42.8 Å². The van der Waals surface area contributed by atoms with Gasteiger partial charge in [-0.3, -0.25) is 10.1 Å². The van der Waals surface area contributed by atoms with Crippen LogP contribution in [-0.4, -0.2) is 54.3 Å². The van der Waals surface area contributed by atoms with Crippen molar-refractivity contribution in [3.8, 4) is 5.75 Å². The topological polar surface area (TPSA) is 85.2 Å². The van der Waals surface area contributed by atoms with Crippen LogP contribution in [-0.2, 0) is 4.74 Å². The Bertz CT molecular complexity index is 682. The summed E-state index contributed by atoms with van der Waals surface area (Å²) in [5, 5.41) is 11.2. The molecular weight excluding hydrogens is 406 g/mol. The monoisotopic (exact) mass is 429 g/mol. The first-order valence-corrected chi connectivity index (χ1v) is 9.25. The molecule has 1 fully saturated rings. The third kappa shape index (κ3) is 5.00. The minimum Gasteiger partial charge on any atom is -0.487 e. The van der Waals surface area contributed by atoms with E-state index in [1.807, 2.05) is 20.8 Å². The first kappa shape index (κ1) is 20.3. The van der Waals surface area contributed by atoms with Crippen LogP contribution in [0.5, 0.6) is 5.75 Å². The molecule has 9 heteroatoms. The largest absolute Gasteiger partial charge is 0.487 e. The van der Waals surface area contributed by atoms with Crippen molar-refractivity contribution < 1.29 is 19.2 Å². The third-order valence-electron chi connectivity index (χ3n) is 3.80. The predicted molar refractivity (Wildman–Crippen MR) is 102 cm³/mol. The maximum atomic E-state index is 12.2. The summed E-state index contributed by atoms with van der Waals surface area (Å²) in [5.41, 5.74) is 0.208. The lowest BCUT2D eigenvalue weighted by Gasteiger charge is -2.37. The third-order valence-corrected chi connectivity index (χ3v) is 4.43. The normalized spacial score (nSPS) is 15.0. The highest BCUT2D eigenvalue weighted by Gasteiger charge is 2.28. The van der Waals surface area contributed by atoms with Crippen molar-refractivity contribution in [1.82, 2.24) is 4.90 Å². The van der Waals surface area contributed by atoms with Crippen LogP contribution in [0.1, 0.15) is 27.7 Å². The molecule has 0 unspecified atom stereocenters. The van der Waals surface area contributed by atoms with Crippen molar-refractivity contribution in [2.75, 3.05) is 37.7 Å². The molecule has 0 spiro atoms. The molecule has 0 bridgehead atoms. The summed E-state index contributed by atoms with van der Waals surface area (Å²) in [7, 11) is 0. The van der Waals surface area contributed by atoms with Gasteiger partial charge in [0.25, 0.3) is 0 Å². The Kier molecular flexibility index (Phi) is 6.33. The second kappa shape index (κ2) is 8.11. The van der Waals surface area contributed by atoms with Crippen molar-refractivity contribution in [2.45, 2.75) is 33.3 Å². The summed E-state index contributed by atoms with van der Waals surface area (Å²) >= 11 is 3.41. The number of ether oxygens (including phenoxy) is 2. The molecule has 2 rings (SSSR count). The summed E-state index contributed by atoms with van der Waals surface area (Å²) < 4.78 is 11.4. The second-order valence-corrected chi connectivity index (χ2v) is 7.77. The highest BCUT2D eigenvalue weighted by atomic mass is 79.9. The molecule has 1 aromatic carbocycles. The number of nitrogens with zero attached hydrogens (tertiary/aromatic N) is 3. The van der Waals surface area contributed by atoms with Crippen LogP contribution in [0.4, 0.5) is 16.2 Å². The number of nitro groups is 1. The SMILES string of the molecule is CCOc1cc(N2CCN(C(=O)OC(C)(C)C)CC2)c(Br)cc1[N+](=O)[O-]. The van der Waals surface area contributed by atoms with E-state index in [1.165, 1.54) is 6.07 Å². The van der Waals surface area contributed by atoms with Gasteiger partial charge < -0.3 is 19.3 Å². The molecule has 1 saturated heterocycles. The van der Waals surface area contributed by atoms with Gasteiger partial charge in [0.05, 0.1) is 17.2 Å². The van der Waals surface area contributed by atoms with Crippen LogP contribution < -0.4 is 9.64 Å². The lowest BCUT2D eigenvalue weighted by molar-refractivity contribution is -0.385. The van der Waals surface area contributed by atoms with E-state index < -0.39 is 10.5 Å². The number of anilines is 1. The Balaban J connectivity index is 2.12. The van der Waals surface area contributed by atoms with Crippen LogP contribution in [0.25, 0.3) is 0 Å². The van der Waals surface area contributed by atoms with Gasteiger partial charge in [0.15, 0.2) is 5.75 Å². The molecule has 144 valence electrons. The Labute approximate surface area is 161 Å². The van der Waals surface area contributed by atoms with Gasteiger partial charge in [-0.25, -0.2) is 4.79 Å². The molecule has 1 heterocycles. The van der Waals surface area contributed by atoms with Gasteiger partial charge in [-0.1, -0.05) is 0 Å². The van der Waals surface area contributed by atoms with E-state index in [1.54, 1.807) is 17.9 Å². The van der Waals surface area contributed by atoms with Gasteiger partial charge in [0.1, 0.15) is 5.60 Å². The van der Waals surface area contributed by atoms with E-state index in [-0.39, 0.29) is 17.5 Å². The first-order chi connectivity index (χ1) is 12.1. The van der Waals surface area contributed by atoms with Gasteiger partial charge in [-0.15, -0.1) is 0 Å². The van der Waals surface area contributed by atoms with E-state index in [9.17, 15) is 14.9 Å². The van der Waals surface area contributed by atoms with E-state index in [0.29, 0.717) is 37.3 Å². The highest BCUT2D eigenvalue weighted by molar-refractivity contribution is 9.10. The molecule has 1 amide bonds. The lowest BCUT2D eigenvalue weighted by Crippen LogP contribution is -2.50. The molecule has 0 aliphatic carbocycles. The zero-order valence-electron chi connectivity index (χ0n) is 15.5. The molecule has 8 nitrogen and oxygen atoms in total. The summed E-state index contributed by atoms with van der Waals surface area (Å²) in [6, 6.07) is 3.13. The van der Waals surface area contributed by atoms with E-state index in [2.05, 4.69) is 20.8 Å². The average Bonchev–Trinajstić information content (AvgIpc) is 2.54. The Hall–Kier alpha value is -2.03. The van der Waals surface area contributed by atoms with Crippen LogP contribution in [0.2, 0.25) is 0 Å².